The third-order valence-corrected chi connectivity index (χ3v) is 3.13. The Labute approximate surface area is 111 Å². The summed E-state index contributed by atoms with van der Waals surface area (Å²) in [5, 5.41) is 1.05. The lowest BCUT2D eigenvalue weighted by Gasteiger charge is -2.06. The number of para-hydroxylation sites is 1. The maximum Gasteiger partial charge on any atom is 0.262 e. The fourth-order valence-corrected chi connectivity index (χ4v) is 2.16. The maximum absolute atomic E-state index is 12.5. The average Bonchev–Trinajstić information content (AvgIpc) is 2.90. The highest BCUT2D eigenvalue weighted by Crippen LogP contribution is 2.19. The highest BCUT2D eigenvalue weighted by molar-refractivity contribution is 6.02. The molecule has 0 aliphatic rings. The van der Waals surface area contributed by atoms with E-state index in [1.165, 1.54) is 0 Å². The molecule has 19 heavy (non-hydrogen) atoms. The third kappa shape index (κ3) is 1.99. The first-order valence-corrected chi connectivity index (χ1v) is 6.04. The molecule has 0 aliphatic heterocycles. The molecule has 0 N–H and O–H groups in total. The zero-order chi connectivity index (χ0) is 13.2. The minimum absolute atomic E-state index is 0.0555. The summed E-state index contributed by atoms with van der Waals surface area (Å²) in [4.78, 5) is 12.5. The average molecular weight is 251 g/mol. The maximum atomic E-state index is 12.5. The van der Waals surface area contributed by atoms with Gasteiger partial charge >= 0.3 is 0 Å². The molecule has 0 bridgehead atoms. The molecule has 3 rings (SSSR count). The molecule has 1 aromatic heterocycles. The molecular weight excluding hydrogens is 238 g/mol. The highest BCUT2D eigenvalue weighted by Gasteiger charge is 2.11. The van der Waals surface area contributed by atoms with Crippen LogP contribution in [-0.2, 0) is 0 Å². The Hall–Kier alpha value is -2.55. The van der Waals surface area contributed by atoms with Crippen molar-refractivity contribution in [2.75, 3.05) is 7.11 Å². The summed E-state index contributed by atoms with van der Waals surface area (Å²) in [5.41, 5.74) is 1.52. The van der Waals surface area contributed by atoms with E-state index in [-0.39, 0.29) is 5.91 Å². The Morgan fingerprint density at radius 3 is 2.74 bits per heavy atom. The number of rotatable bonds is 2. The molecule has 0 atom stereocenters. The van der Waals surface area contributed by atoms with E-state index < -0.39 is 0 Å². The van der Waals surface area contributed by atoms with Gasteiger partial charge in [0.05, 0.1) is 12.6 Å². The number of carbonyl (C=O) groups is 1. The van der Waals surface area contributed by atoms with Gasteiger partial charge in [-0.05, 0) is 30.3 Å². The van der Waals surface area contributed by atoms with Gasteiger partial charge in [-0.2, -0.15) is 0 Å². The van der Waals surface area contributed by atoms with Crippen LogP contribution in [0.3, 0.4) is 0 Å². The molecular formula is C16H13NO2. The van der Waals surface area contributed by atoms with Crippen LogP contribution < -0.4 is 4.74 Å². The van der Waals surface area contributed by atoms with Gasteiger partial charge in [-0.3, -0.25) is 9.36 Å². The van der Waals surface area contributed by atoms with Crippen molar-refractivity contribution in [3.05, 3.63) is 66.4 Å². The SMILES string of the molecule is COc1cccc(C(=O)n2ccc3ccccc32)c1. The van der Waals surface area contributed by atoms with Crippen molar-refractivity contribution in [2.24, 2.45) is 0 Å². The fraction of sp³-hybridized carbons (Fsp3) is 0.0625. The minimum Gasteiger partial charge on any atom is -0.497 e. The number of benzene rings is 2. The van der Waals surface area contributed by atoms with Crippen molar-refractivity contribution in [3.8, 4) is 5.75 Å². The Morgan fingerprint density at radius 2 is 1.89 bits per heavy atom. The van der Waals surface area contributed by atoms with Crippen LogP contribution >= 0.6 is 0 Å². The molecule has 0 aliphatic carbocycles. The first-order chi connectivity index (χ1) is 9.29. The minimum atomic E-state index is -0.0555. The van der Waals surface area contributed by atoms with Gasteiger partial charge in [-0.15, -0.1) is 0 Å². The van der Waals surface area contributed by atoms with Gasteiger partial charge in [0.25, 0.3) is 5.91 Å². The molecule has 0 saturated heterocycles. The van der Waals surface area contributed by atoms with Crippen LogP contribution in [0, 0.1) is 0 Å². The first kappa shape index (κ1) is 11.5. The van der Waals surface area contributed by atoms with E-state index in [0.29, 0.717) is 11.3 Å². The molecule has 3 aromatic rings. The normalized spacial score (nSPS) is 10.6. The van der Waals surface area contributed by atoms with Gasteiger partial charge in [0, 0.05) is 17.1 Å². The van der Waals surface area contributed by atoms with Gasteiger partial charge in [-0.25, -0.2) is 0 Å². The van der Waals surface area contributed by atoms with Crippen LogP contribution in [0.1, 0.15) is 10.4 Å². The van der Waals surface area contributed by atoms with Crippen LogP contribution in [0.5, 0.6) is 5.75 Å². The Bertz CT molecular complexity index is 743. The Morgan fingerprint density at radius 1 is 1.05 bits per heavy atom. The largest absolute Gasteiger partial charge is 0.497 e. The number of ether oxygens (including phenoxy) is 1. The van der Waals surface area contributed by atoms with Gasteiger partial charge in [-0.1, -0.05) is 24.3 Å². The zero-order valence-electron chi connectivity index (χ0n) is 10.5. The van der Waals surface area contributed by atoms with Crippen molar-refractivity contribution in [2.45, 2.75) is 0 Å². The van der Waals surface area contributed by atoms with Crippen molar-refractivity contribution < 1.29 is 9.53 Å². The second-order valence-corrected chi connectivity index (χ2v) is 4.28. The van der Waals surface area contributed by atoms with Gasteiger partial charge < -0.3 is 4.74 Å². The summed E-state index contributed by atoms with van der Waals surface area (Å²) in [5.74, 6) is 0.627. The summed E-state index contributed by atoms with van der Waals surface area (Å²) in [6.45, 7) is 0. The summed E-state index contributed by atoms with van der Waals surface area (Å²) in [6.07, 6.45) is 1.80. The monoisotopic (exact) mass is 251 g/mol. The van der Waals surface area contributed by atoms with E-state index in [2.05, 4.69) is 0 Å². The van der Waals surface area contributed by atoms with Gasteiger partial charge in [0.1, 0.15) is 5.75 Å². The van der Waals surface area contributed by atoms with Crippen molar-refractivity contribution in [3.63, 3.8) is 0 Å². The number of carbonyl (C=O) groups excluding carboxylic acids is 1. The first-order valence-electron chi connectivity index (χ1n) is 6.04. The zero-order valence-corrected chi connectivity index (χ0v) is 10.5. The smallest absolute Gasteiger partial charge is 0.262 e. The van der Waals surface area contributed by atoms with E-state index in [0.717, 1.165) is 10.9 Å². The van der Waals surface area contributed by atoms with Crippen LogP contribution in [0.4, 0.5) is 0 Å². The number of aromatic nitrogens is 1. The number of methoxy groups -OCH3 is 1. The van der Waals surface area contributed by atoms with E-state index in [9.17, 15) is 4.79 Å². The summed E-state index contributed by atoms with van der Waals surface area (Å²) >= 11 is 0. The predicted molar refractivity (Wildman–Crippen MR) is 74.7 cm³/mol. The van der Waals surface area contributed by atoms with Crippen LogP contribution in [0.25, 0.3) is 10.9 Å². The Balaban J connectivity index is 2.08. The van der Waals surface area contributed by atoms with Gasteiger partial charge in [0.2, 0.25) is 0 Å². The standard InChI is InChI=1S/C16H13NO2/c1-19-14-7-4-6-13(11-14)16(18)17-10-9-12-5-2-3-8-15(12)17/h2-11H,1H3. The number of hydrogen-bond donors (Lipinski definition) is 0. The predicted octanol–water partition coefficient (Wildman–Crippen LogP) is 3.34. The number of fused-ring (bicyclic) bond motifs is 1. The quantitative estimate of drug-likeness (QED) is 0.699. The molecule has 1 heterocycles. The van der Waals surface area contributed by atoms with E-state index in [1.54, 1.807) is 30.0 Å². The summed E-state index contributed by atoms with van der Waals surface area (Å²) in [7, 11) is 1.59. The van der Waals surface area contributed by atoms with Crippen molar-refractivity contribution in [1.29, 1.82) is 0 Å². The molecule has 0 spiro atoms. The van der Waals surface area contributed by atoms with E-state index in [4.69, 9.17) is 4.74 Å². The van der Waals surface area contributed by atoms with Crippen LogP contribution in [-0.4, -0.2) is 17.6 Å². The summed E-state index contributed by atoms with van der Waals surface area (Å²) < 4.78 is 6.81. The lowest BCUT2D eigenvalue weighted by molar-refractivity contribution is 0.0964. The second kappa shape index (κ2) is 4.61. The third-order valence-electron chi connectivity index (χ3n) is 3.13. The lowest BCUT2D eigenvalue weighted by atomic mass is 10.2. The van der Waals surface area contributed by atoms with Crippen LogP contribution in [0.2, 0.25) is 0 Å². The molecule has 3 nitrogen and oxygen atoms in total. The Kier molecular flexibility index (Phi) is 2.80. The van der Waals surface area contributed by atoms with Gasteiger partial charge in [0.15, 0.2) is 0 Å². The molecule has 0 unspecified atom stereocenters. The van der Waals surface area contributed by atoms with Crippen molar-refractivity contribution >= 4 is 16.8 Å². The van der Waals surface area contributed by atoms with Crippen LogP contribution in [0.15, 0.2) is 60.8 Å². The molecule has 0 radical (unpaired) electrons. The molecule has 0 amide bonds. The molecule has 0 fully saturated rings. The summed E-state index contributed by atoms with van der Waals surface area (Å²) in [6, 6.07) is 16.9. The van der Waals surface area contributed by atoms with E-state index >= 15 is 0 Å². The highest BCUT2D eigenvalue weighted by atomic mass is 16.5. The van der Waals surface area contributed by atoms with E-state index in [1.807, 2.05) is 42.5 Å². The molecule has 2 aromatic carbocycles. The molecule has 94 valence electrons. The topological polar surface area (TPSA) is 31.2 Å². The fourth-order valence-electron chi connectivity index (χ4n) is 2.16. The molecule has 0 saturated carbocycles. The molecule has 3 heteroatoms. The second-order valence-electron chi connectivity index (χ2n) is 4.28. The number of nitrogens with zero attached hydrogens (tertiary/aromatic N) is 1. The lowest BCUT2D eigenvalue weighted by Crippen LogP contribution is -2.10. The number of hydrogen-bond acceptors (Lipinski definition) is 2. The van der Waals surface area contributed by atoms with Crippen molar-refractivity contribution in [1.82, 2.24) is 4.57 Å².